The van der Waals surface area contributed by atoms with Crippen LogP contribution in [0.15, 0.2) is 90.1 Å². The zero-order valence-corrected chi connectivity index (χ0v) is 17.3. The zero-order chi connectivity index (χ0) is 22.4. The Hall–Kier alpha value is -4.72. The number of nitrogens with one attached hydrogen (secondary N) is 3. The quantitative estimate of drug-likeness (QED) is 0.394. The van der Waals surface area contributed by atoms with E-state index >= 15 is 0 Å². The Balaban J connectivity index is 1.44. The van der Waals surface area contributed by atoms with Crippen molar-refractivity contribution in [3.63, 3.8) is 0 Å². The molecule has 160 valence electrons. The fourth-order valence-corrected chi connectivity index (χ4v) is 4.19. The number of para-hydroxylation sites is 1. The summed E-state index contributed by atoms with van der Waals surface area (Å²) in [7, 11) is 0. The van der Waals surface area contributed by atoms with Gasteiger partial charge in [0.1, 0.15) is 11.2 Å². The zero-order valence-electron chi connectivity index (χ0n) is 17.3. The lowest BCUT2D eigenvalue weighted by Crippen LogP contribution is -2.29. The first kappa shape index (κ1) is 19.0. The van der Waals surface area contributed by atoms with Crippen LogP contribution in [0.1, 0.15) is 27.5 Å². The lowest BCUT2D eigenvalue weighted by molar-refractivity contribution is 0.0944. The van der Waals surface area contributed by atoms with Gasteiger partial charge in [0.25, 0.3) is 11.5 Å². The molecule has 33 heavy (non-hydrogen) atoms. The highest BCUT2D eigenvalue weighted by Gasteiger charge is 2.22. The van der Waals surface area contributed by atoms with Crippen LogP contribution in [0.3, 0.4) is 0 Å². The maximum atomic E-state index is 13.4. The van der Waals surface area contributed by atoms with Gasteiger partial charge in [-0.1, -0.05) is 48.5 Å². The number of carbonyl (C=O) groups excluding carboxylic acids is 1. The predicted molar refractivity (Wildman–Crippen MR) is 125 cm³/mol. The molecule has 3 N–H and O–H groups in total. The minimum Gasteiger partial charge on any atom is -0.345 e. The van der Waals surface area contributed by atoms with Gasteiger partial charge in [0.15, 0.2) is 0 Å². The van der Waals surface area contributed by atoms with Crippen molar-refractivity contribution < 1.29 is 4.79 Å². The molecule has 0 aliphatic heterocycles. The van der Waals surface area contributed by atoms with Crippen LogP contribution in [-0.4, -0.2) is 30.5 Å². The van der Waals surface area contributed by atoms with Gasteiger partial charge in [0, 0.05) is 0 Å². The van der Waals surface area contributed by atoms with Crippen molar-refractivity contribution in [2.75, 3.05) is 0 Å². The van der Waals surface area contributed by atoms with E-state index in [-0.39, 0.29) is 11.5 Å². The number of aromatic nitrogens is 5. The normalized spacial score (nSPS) is 12.4. The monoisotopic (exact) mass is 434 g/mol. The SMILES string of the molecule is O=C(NC(c1ccccc1)c1ccc2nc[nH]c2c1)c1cnn2c1[nH]c(=O)c1ccccc12. The molecule has 0 radical (unpaired) electrons. The Kier molecular flexibility index (Phi) is 4.29. The van der Waals surface area contributed by atoms with Crippen molar-refractivity contribution in [2.24, 2.45) is 0 Å². The van der Waals surface area contributed by atoms with Gasteiger partial charge in [0.2, 0.25) is 0 Å². The van der Waals surface area contributed by atoms with E-state index in [0.717, 1.165) is 22.2 Å². The van der Waals surface area contributed by atoms with Gasteiger partial charge in [-0.3, -0.25) is 9.59 Å². The van der Waals surface area contributed by atoms with E-state index in [0.29, 0.717) is 22.1 Å². The number of benzene rings is 3. The molecule has 6 rings (SSSR count). The number of aromatic amines is 2. The number of hydrogen-bond acceptors (Lipinski definition) is 4. The molecule has 0 bridgehead atoms. The van der Waals surface area contributed by atoms with Gasteiger partial charge in [-0.25, -0.2) is 9.50 Å². The number of hydrogen-bond donors (Lipinski definition) is 3. The van der Waals surface area contributed by atoms with E-state index in [1.165, 1.54) is 6.20 Å². The number of imidazole rings is 1. The van der Waals surface area contributed by atoms with Crippen molar-refractivity contribution in [2.45, 2.75) is 6.04 Å². The Morgan fingerprint density at radius 2 is 1.79 bits per heavy atom. The molecule has 1 unspecified atom stereocenters. The molecule has 1 amide bonds. The molecule has 0 aliphatic carbocycles. The molecular weight excluding hydrogens is 416 g/mol. The Morgan fingerprint density at radius 3 is 2.67 bits per heavy atom. The van der Waals surface area contributed by atoms with E-state index in [4.69, 9.17) is 0 Å². The van der Waals surface area contributed by atoms with Gasteiger partial charge >= 0.3 is 0 Å². The van der Waals surface area contributed by atoms with Gasteiger partial charge in [-0.05, 0) is 35.4 Å². The van der Waals surface area contributed by atoms with Gasteiger partial charge in [-0.15, -0.1) is 0 Å². The first-order chi connectivity index (χ1) is 16.2. The fourth-order valence-electron chi connectivity index (χ4n) is 4.19. The summed E-state index contributed by atoms with van der Waals surface area (Å²) in [5.74, 6) is -0.338. The summed E-state index contributed by atoms with van der Waals surface area (Å²) in [6.45, 7) is 0. The Labute approximate surface area is 186 Å². The van der Waals surface area contributed by atoms with E-state index in [2.05, 4.69) is 25.4 Å². The topological polar surface area (TPSA) is 108 Å². The second-order valence-electron chi connectivity index (χ2n) is 7.79. The van der Waals surface area contributed by atoms with Crippen molar-refractivity contribution >= 4 is 33.5 Å². The molecule has 8 nitrogen and oxygen atoms in total. The summed E-state index contributed by atoms with van der Waals surface area (Å²) in [5, 5.41) is 8.00. The molecule has 8 heteroatoms. The average molecular weight is 434 g/mol. The maximum Gasteiger partial charge on any atom is 0.259 e. The molecular formula is C25H18N6O2. The number of H-pyrrole nitrogens is 2. The number of nitrogens with zero attached hydrogens (tertiary/aromatic N) is 3. The first-order valence-corrected chi connectivity index (χ1v) is 10.5. The molecule has 6 aromatic rings. The number of amides is 1. The molecule has 3 heterocycles. The van der Waals surface area contributed by atoms with Crippen molar-refractivity contribution in [1.29, 1.82) is 0 Å². The summed E-state index contributed by atoms with van der Waals surface area (Å²) in [5.41, 5.74) is 4.59. The van der Waals surface area contributed by atoms with Gasteiger partial charge in [-0.2, -0.15) is 5.10 Å². The highest BCUT2D eigenvalue weighted by Crippen LogP contribution is 2.25. The van der Waals surface area contributed by atoms with E-state index in [1.54, 1.807) is 29.0 Å². The second-order valence-corrected chi connectivity index (χ2v) is 7.79. The van der Waals surface area contributed by atoms with Crippen LogP contribution in [0.2, 0.25) is 0 Å². The molecule has 0 spiro atoms. The van der Waals surface area contributed by atoms with Gasteiger partial charge < -0.3 is 15.3 Å². The molecule has 3 aromatic heterocycles. The standard InChI is InChI=1S/C25H18N6O2/c32-24-17-8-4-5-9-21(17)31-23(30-24)18(13-28-31)25(33)29-22(15-6-2-1-3-7-15)16-10-11-19-20(12-16)27-14-26-19/h1-14,22H,(H,26,27)(H,29,33)(H,30,32). The molecule has 0 aliphatic rings. The highest BCUT2D eigenvalue weighted by molar-refractivity contribution is 6.01. The van der Waals surface area contributed by atoms with Gasteiger partial charge in [0.05, 0.1) is 40.5 Å². The number of rotatable bonds is 4. The van der Waals surface area contributed by atoms with E-state index in [9.17, 15) is 9.59 Å². The van der Waals surface area contributed by atoms with Crippen LogP contribution in [-0.2, 0) is 0 Å². The van der Waals surface area contributed by atoms with Crippen LogP contribution in [0.4, 0.5) is 0 Å². The number of fused-ring (bicyclic) bond motifs is 4. The third kappa shape index (κ3) is 3.16. The van der Waals surface area contributed by atoms with E-state index in [1.807, 2.05) is 54.6 Å². The van der Waals surface area contributed by atoms with Crippen molar-refractivity contribution in [3.05, 3.63) is 112 Å². The van der Waals surface area contributed by atoms with E-state index < -0.39 is 6.04 Å². The smallest absolute Gasteiger partial charge is 0.259 e. The summed E-state index contributed by atoms with van der Waals surface area (Å²) >= 11 is 0. The minimum atomic E-state index is -0.409. The molecule has 0 saturated carbocycles. The molecule has 0 saturated heterocycles. The lowest BCUT2D eigenvalue weighted by atomic mass is 9.98. The van der Waals surface area contributed by atoms with Crippen LogP contribution in [0.25, 0.3) is 27.6 Å². The Bertz CT molecular complexity index is 1700. The fraction of sp³-hybridized carbons (Fsp3) is 0.0400. The molecule has 1 atom stereocenters. The lowest BCUT2D eigenvalue weighted by Gasteiger charge is -2.20. The summed E-state index contributed by atoms with van der Waals surface area (Å²) in [6, 6.07) is 22.3. The minimum absolute atomic E-state index is 0.267. The largest absolute Gasteiger partial charge is 0.345 e. The molecule has 0 fully saturated rings. The average Bonchev–Trinajstić information content (AvgIpc) is 3.50. The first-order valence-electron chi connectivity index (χ1n) is 10.5. The van der Waals surface area contributed by atoms with Crippen LogP contribution < -0.4 is 10.9 Å². The summed E-state index contributed by atoms with van der Waals surface area (Å²) < 4.78 is 1.58. The second kappa shape index (κ2) is 7.45. The summed E-state index contributed by atoms with van der Waals surface area (Å²) in [4.78, 5) is 36.2. The predicted octanol–water partition coefficient (Wildman–Crippen LogP) is 3.57. The van der Waals surface area contributed by atoms with Crippen LogP contribution in [0, 0.1) is 0 Å². The summed E-state index contributed by atoms with van der Waals surface area (Å²) in [6.07, 6.45) is 3.12. The highest BCUT2D eigenvalue weighted by atomic mass is 16.2. The van der Waals surface area contributed by atoms with Crippen molar-refractivity contribution in [1.82, 2.24) is 29.9 Å². The maximum absolute atomic E-state index is 13.4. The van der Waals surface area contributed by atoms with Crippen LogP contribution in [0.5, 0.6) is 0 Å². The third-order valence-electron chi connectivity index (χ3n) is 5.81. The number of carbonyl (C=O) groups is 1. The third-order valence-corrected chi connectivity index (χ3v) is 5.81. The van der Waals surface area contributed by atoms with Crippen molar-refractivity contribution in [3.8, 4) is 0 Å². The Morgan fingerprint density at radius 1 is 0.970 bits per heavy atom. The molecule has 3 aromatic carbocycles. The van der Waals surface area contributed by atoms with Crippen LogP contribution >= 0.6 is 0 Å².